The first-order valence-electron chi connectivity index (χ1n) is 11.7. The molecule has 152 valence electrons. The van der Waals surface area contributed by atoms with Crippen LogP contribution in [0.3, 0.4) is 0 Å². The molecule has 3 fully saturated rings. The largest absolute Gasteiger partial charge is 0.324 e. The number of benzene rings is 1. The second kappa shape index (κ2) is 8.16. The predicted molar refractivity (Wildman–Crippen MR) is 116 cm³/mol. The lowest BCUT2D eigenvalue weighted by atomic mass is 9.83. The van der Waals surface area contributed by atoms with Gasteiger partial charge in [-0.3, -0.25) is 0 Å². The molecular weight excluding hydrogens is 344 g/mol. The Morgan fingerprint density at radius 3 is 2.54 bits per heavy atom. The molecule has 2 aromatic rings. The third kappa shape index (κ3) is 3.50. The van der Waals surface area contributed by atoms with Gasteiger partial charge in [-0.15, -0.1) is 0 Å². The Labute approximate surface area is 169 Å². The minimum Gasteiger partial charge on any atom is -0.324 e. The number of fused-ring (bicyclic) bond motifs is 1. The lowest BCUT2D eigenvalue weighted by molar-refractivity contribution is 0.0914. The van der Waals surface area contributed by atoms with Crippen LogP contribution in [0.1, 0.15) is 76.1 Å². The lowest BCUT2D eigenvalue weighted by Gasteiger charge is -2.41. The smallest absolute Gasteiger partial charge is 0.114 e. The molecule has 2 saturated heterocycles. The van der Waals surface area contributed by atoms with Gasteiger partial charge < -0.3 is 14.8 Å². The maximum absolute atomic E-state index is 5.11. The highest BCUT2D eigenvalue weighted by Crippen LogP contribution is 2.36. The SMILES string of the molecule is C[C@@H](C1CCCCC1)N1CCC(n2c([C@H]3CCNC3)nc3ccccc32)CC1. The molecule has 1 saturated carbocycles. The molecule has 2 atom stereocenters. The number of likely N-dealkylation sites (tertiary alicyclic amines) is 1. The fourth-order valence-corrected chi connectivity index (χ4v) is 6.08. The Balaban J connectivity index is 1.34. The average molecular weight is 381 g/mol. The van der Waals surface area contributed by atoms with Crippen LogP contribution in [-0.2, 0) is 0 Å². The molecule has 2 aliphatic heterocycles. The summed E-state index contributed by atoms with van der Waals surface area (Å²) in [5, 5.41) is 3.54. The van der Waals surface area contributed by atoms with E-state index in [-0.39, 0.29) is 0 Å². The highest BCUT2D eigenvalue weighted by atomic mass is 15.2. The summed E-state index contributed by atoms with van der Waals surface area (Å²) in [5.41, 5.74) is 2.53. The fourth-order valence-electron chi connectivity index (χ4n) is 6.08. The van der Waals surface area contributed by atoms with Gasteiger partial charge in [-0.2, -0.15) is 0 Å². The molecular formula is C24H36N4. The van der Waals surface area contributed by atoms with Gasteiger partial charge in [0.1, 0.15) is 5.82 Å². The maximum Gasteiger partial charge on any atom is 0.114 e. The number of nitrogens with zero attached hydrogens (tertiary/aromatic N) is 3. The molecule has 5 rings (SSSR count). The number of imidazole rings is 1. The van der Waals surface area contributed by atoms with Crippen LogP contribution in [0.5, 0.6) is 0 Å². The van der Waals surface area contributed by atoms with Crippen molar-refractivity contribution in [2.75, 3.05) is 26.2 Å². The number of nitrogens with one attached hydrogen (secondary N) is 1. The van der Waals surface area contributed by atoms with E-state index in [4.69, 9.17) is 4.98 Å². The molecule has 28 heavy (non-hydrogen) atoms. The van der Waals surface area contributed by atoms with E-state index >= 15 is 0 Å². The molecule has 0 bridgehead atoms. The van der Waals surface area contributed by atoms with E-state index in [2.05, 4.69) is 46.0 Å². The molecule has 1 aromatic carbocycles. The number of hydrogen-bond donors (Lipinski definition) is 1. The molecule has 0 spiro atoms. The topological polar surface area (TPSA) is 33.1 Å². The molecule has 4 nitrogen and oxygen atoms in total. The predicted octanol–water partition coefficient (Wildman–Crippen LogP) is 4.72. The summed E-state index contributed by atoms with van der Waals surface area (Å²) in [7, 11) is 0. The van der Waals surface area contributed by atoms with Gasteiger partial charge in [0.25, 0.3) is 0 Å². The highest BCUT2D eigenvalue weighted by Gasteiger charge is 2.32. The van der Waals surface area contributed by atoms with Crippen molar-refractivity contribution in [2.24, 2.45) is 5.92 Å². The summed E-state index contributed by atoms with van der Waals surface area (Å²) < 4.78 is 2.63. The van der Waals surface area contributed by atoms with E-state index in [0.29, 0.717) is 12.0 Å². The van der Waals surface area contributed by atoms with Gasteiger partial charge in [-0.05, 0) is 63.6 Å². The zero-order valence-electron chi connectivity index (χ0n) is 17.4. The first kappa shape index (κ1) is 18.6. The quantitative estimate of drug-likeness (QED) is 0.833. The fraction of sp³-hybridized carbons (Fsp3) is 0.708. The van der Waals surface area contributed by atoms with Crippen LogP contribution in [0.2, 0.25) is 0 Å². The summed E-state index contributed by atoms with van der Waals surface area (Å²) in [6, 6.07) is 10.2. The summed E-state index contributed by atoms with van der Waals surface area (Å²) in [5.74, 6) is 2.84. The number of rotatable bonds is 4. The first-order chi connectivity index (χ1) is 13.8. The minimum atomic E-state index is 0.576. The van der Waals surface area contributed by atoms with E-state index < -0.39 is 0 Å². The lowest BCUT2D eigenvalue weighted by Crippen LogP contribution is -2.44. The molecule has 1 N–H and O–H groups in total. The van der Waals surface area contributed by atoms with Crippen LogP contribution in [0, 0.1) is 5.92 Å². The average Bonchev–Trinajstić information content (AvgIpc) is 3.42. The van der Waals surface area contributed by atoms with Crippen LogP contribution >= 0.6 is 0 Å². The second-order valence-electron chi connectivity index (χ2n) is 9.42. The number of para-hydroxylation sites is 2. The summed E-state index contributed by atoms with van der Waals surface area (Å²) in [6.45, 7) is 7.21. The normalized spacial score (nSPS) is 26.8. The zero-order chi connectivity index (χ0) is 18.9. The Morgan fingerprint density at radius 1 is 1.00 bits per heavy atom. The standard InChI is InChI=1S/C24H36N4/c1-18(19-7-3-2-4-8-19)27-15-12-21(13-16-27)28-23-10-6-5-9-22(23)26-24(28)20-11-14-25-17-20/h5-6,9-10,18-21,25H,2-4,7-8,11-17H2,1H3/t18-,20-/m0/s1. The van der Waals surface area contributed by atoms with Crippen LogP contribution in [0.15, 0.2) is 24.3 Å². The van der Waals surface area contributed by atoms with Gasteiger partial charge in [0, 0.05) is 37.6 Å². The van der Waals surface area contributed by atoms with Crippen molar-refractivity contribution >= 4 is 11.0 Å². The Bertz CT molecular complexity index is 777. The van der Waals surface area contributed by atoms with Crippen molar-refractivity contribution in [1.29, 1.82) is 0 Å². The van der Waals surface area contributed by atoms with Gasteiger partial charge >= 0.3 is 0 Å². The van der Waals surface area contributed by atoms with E-state index in [0.717, 1.165) is 25.0 Å². The van der Waals surface area contributed by atoms with Gasteiger partial charge in [0.2, 0.25) is 0 Å². The molecule has 3 aliphatic rings. The van der Waals surface area contributed by atoms with E-state index in [1.807, 2.05) is 0 Å². The van der Waals surface area contributed by atoms with Crippen LogP contribution in [0.25, 0.3) is 11.0 Å². The van der Waals surface area contributed by atoms with Gasteiger partial charge in [0.05, 0.1) is 11.0 Å². The van der Waals surface area contributed by atoms with Crippen LogP contribution in [-0.4, -0.2) is 46.7 Å². The molecule has 1 aliphatic carbocycles. The number of piperidine rings is 1. The maximum atomic E-state index is 5.11. The minimum absolute atomic E-state index is 0.576. The Kier molecular flexibility index (Phi) is 5.43. The molecule has 3 heterocycles. The van der Waals surface area contributed by atoms with Crippen molar-refractivity contribution < 1.29 is 0 Å². The van der Waals surface area contributed by atoms with Gasteiger partial charge in [0.15, 0.2) is 0 Å². The molecule has 0 radical (unpaired) electrons. The number of hydrogen-bond acceptors (Lipinski definition) is 3. The molecule has 4 heteroatoms. The Hall–Kier alpha value is -1.39. The molecule has 0 unspecified atom stereocenters. The van der Waals surface area contributed by atoms with Gasteiger partial charge in [-0.25, -0.2) is 4.98 Å². The van der Waals surface area contributed by atoms with Crippen LogP contribution in [0.4, 0.5) is 0 Å². The van der Waals surface area contributed by atoms with E-state index in [9.17, 15) is 0 Å². The third-order valence-corrected chi connectivity index (χ3v) is 7.82. The monoisotopic (exact) mass is 380 g/mol. The van der Waals surface area contributed by atoms with Crippen molar-refractivity contribution in [3.8, 4) is 0 Å². The van der Waals surface area contributed by atoms with Gasteiger partial charge in [-0.1, -0.05) is 31.4 Å². The second-order valence-corrected chi connectivity index (χ2v) is 9.42. The van der Waals surface area contributed by atoms with E-state index in [1.54, 1.807) is 0 Å². The third-order valence-electron chi connectivity index (χ3n) is 7.82. The van der Waals surface area contributed by atoms with Crippen molar-refractivity contribution in [3.63, 3.8) is 0 Å². The van der Waals surface area contributed by atoms with Crippen molar-refractivity contribution in [2.45, 2.75) is 76.3 Å². The summed E-state index contributed by atoms with van der Waals surface area (Å²) >= 11 is 0. The molecule has 0 amide bonds. The summed E-state index contributed by atoms with van der Waals surface area (Å²) in [4.78, 5) is 7.90. The first-order valence-corrected chi connectivity index (χ1v) is 11.7. The molecule has 1 aromatic heterocycles. The highest BCUT2D eigenvalue weighted by molar-refractivity contribution is 5.76. The zero-order valence-corrected chi connectivity index (χ0v) is 17.4. The van der Waals surface area contributed by atoms with Crippen LogP contribution < -0.4 is 5.32 Å². The van der Waals surface area contributed by atoms with E-state index in [1.165, 1.54) is 81.3 Å². The van der Waals surface area contributed by atoms with Crippen molar-refractivity contribution in [3.05, 3.63) is 30.1 Å². The number of aromatic nitrogens is 2. The Morgan fingerprint density at radius 2 is 1.79 bits per heavy atom. The summed E-state index contributed by atoms with van der Waals surface area (Å²) in [6.07, 6.45) is 11.0. The van der Waals surface area contributed by atoms with Crippen molar-refractivity contribution in [1.82, 2.24) is 19.8 Å².